The van der Waals surface area contributed by atoms with Crippen LogP contribution in [0.4, 0.5) is 5.82 Å². The molecule has 3 aromatic heterocycles. The van der Waals surface area contributed by atoms with Gasteiger partial charge in [-0.1, -0.05) is 24.3 Å². The highest BCUT2D eigenvalue weighted by molar-refractivity contribution is 5.93. The third-order valence-electron chi connectivity index (χ3n) is 4.63. The first-order valence-corrected chi connectivity index (χ1v) is 8.17. The van der Waals surface area contributed by atoms with Crippen LogP contribution in [0.3, 0.4) is 0 Å². The zero-order valence-electron chi connectivity index (χ0n) is 13.9. The summed E-state index contributed by atoms with van der Waals surface area (Å²) in [5, 5.41) is 0.905. The first kappa shape index (κ1) is 14.7. The van der Waals surface area contributed by atoms with Gasteiger partial charge in [-0.2, -0.15) is 4.98 Å². The number of para-hydroxylation sites is 3. The fourth-order valence-electron chi connectivity index (χ4n) is 3.31. The van der Waals surface area contributed by atoms with E-state index >= 15 is 0 Å². The summed E-state index contributed by atoms with van der Waals surface area (Å²) in [6, 6.07) is 16.6. The molecular formula is C20H14N4O2. The molecule has 0 aliphatic heterocycles. The van der Waals surface area contributed by atoms with Crippen LogP contribution in [0.1, 0.15) is 0 Å². The second-order valence-electron chi connectivity index (χ2n) is 6.18. The van der Waals surface area contributed by atoms with Crippen molar-refractivity contribution >= 4 is 38.9 Å². The zero-order valence-corrected chi connectivity index (χ0v) is 13.9. The Balaban J connectivity index is 1.87. The molecule has 5 aromatic rings. The van der Waals surface area contributed by atoms with Crippen molar-refractivity contribution in [1.82, 2.24) is 14.5 Å². The van der Waals surface area contributed by atoms with Crippen molar-refractivity contribution in [3.8, 4) is 11.4 Å². The molecule has 0 fully saturated rings. The minimum absolute atomic E-state index is 0.130. The van der Waals surface area contributed by atoms with Crippen LogP contribution in [-0.4, -0.2) is 14.5 Å². The van der Waals surface area contributed by atoms with Crippen molar-refractivity contribution in [3.63, 3.8) is 0 Å². The van der Waals surface area contributed by atoms with Crippen LogP contribution >= 0.6 is 0 Å². The fourth-order valence-corrected chi connectivity index (χ4v) is 3.31. The SMILES string of the molecule is Cn1c(-c2cc3c(=O)c4ccccc4oc3nc2N)nc2ccccc21. The van der Waals surface area contributed by atoms with Crippen molar-refractivity contribution in [1.29, 1.82) is 0 Å². The topological polar surface area (TPSA) is 86.9 Å². The molecule has 126 valence electrons. The molecule has 0 amide bonds. The van der Waals surface area contributed by atoms with Gasteiger partial charge in [-0.3, -0.25) is 4.79 Å². The molecule has 0 saturated carbocycles. The second kappa shape index (κ2) is 5.16. The van der Waals surface area contributed by atoms with Crippen molar-refractivity contribution in [3.05, 3.63) is 64.8 Å². The van der Waals surface area contributed by atoms with E-state index < -0.39 is 0 Å². The third-order valence-corrected chi connectivity index (χ3v) is 4.63. The molecule has 3 heterocycles. The fraction of sp³-hybridized carbons (Fsp3) is 0.0500. The molecule has 5 rings (SSSR count). The van der Waals surface area contributed by atoms with Gasteiger partial charge in [-0.05, 0) is 30.3 Å². The number of nitrogen functional groups attached to an aromatic ring is 1. The second-order valence-corrected chi connectivity index (χ2v) is 6.18. The molecule has 6 heteroatoms. The summed E-state index contributed by atoms with van der Waals surface area (Å²) in [5.74, 6) is 0.931. The quantitative estimate of drug-likeness (QED) is 0.471. The number of nitrogens with two attached hydrogens (primary N) is 1. The highest BCUT2D eigenvalue weighted by atomic mass is 16.3. The number of hydrogen-bond acceptors (Lipinski definition) is 5. The van der Waals surface area contributed by atoms with Crippen molar-refractivity contribution in [2.75, 3.05) is 5.73 Å². The van der Waals surface area contributed by atoms with Crippen LogP contribution < -0.4 is 11.2 Å². The van der Waals surface area contributed by atoms with Gasteiger partial charge in [0.25, 0.3) is 0 Å². The summed E-state index contributed by atoms with van der Waals surface area (Å²) in [6.07, 6.45) is 0. The molecule has 0 bridgehead atoms. The Morgan fingerprint density at radius 2 is 1.77 bits per heavy atom. The van der Waals surface area contributed by atoms with Gasteiger partial charge in [0.05, 0.1) is 27.4 Å². The zero-order chi connectivity index (χ0) is 17.8. The Morgan fingerprint density at radius 1 is 1.00 bits per heavy atom. The van der Waals surface area contributed by atoms with Gasteiger partial charge in [-0.25, -0.2) is 4.98 Å². The molecule has 2 aromatic carbocycles. The van der Waals surface area contributed by atoms with Gasteiger partial charge in [0, 0.05) is 7.05 Å². The lowest BCUT2D eigenvalue weighted by Crippen LogP contribution is -2.06. The molecule has 0 saturated heterocycles. The highest BCUT2D eigenvalue weighted by Gasteiger charge is 2.17. The van der Waals surface area contributed by atoms with Crippen LogP contribution in [0.15, 0.2) is 63.8 Å². The van der Waals surface area contributed by atoms with Crippen LogP contribution in [0.2, 0.25) is 0 Å². The summed E-state index contributed by atoms with van der Waals surface area (Å²) >= 11 is 0. The molecule has 0 radical (unpaired) electrons. The normalized spacial score (nSPS) is 11.6. The number of aromatic nitrogens is 3. The van der Waals surface area contributed by atoms with Gasteiger partial charge in [-0.15, -0.1) is 0 Å². The Morgan fingerprint density at radius 3 is 2.62 bits per heavy atom. The number of hydrogen-bond donors (Lipinski definition) is 1. The first-order chi connectivity index (χ1) is 12.6. The molecule has 0 aliphatic carbocycles. The number of aryl methyl sites for hydroxylation is 1. The standard InChI is InChI=1S/C20H14N4O2/c1-24-15-8-4-3-7-14(15)22-19(24)13-10-12-17(25)11-6-2-5-9-16(11)26-20(12)23-18(13)21/h2-10H,1H3,(H2,21,23). The predicted octanol–water partition coefficient (Wildman–Crippen LogP) is 3.48. The molecule has 0 atom stereocenters. The van der Waals surface area contributed by atoms with Crippen molar-refractivity contribution in [2.24, 2.45) is 7.05 Å². The Labute approximate surface area is 147 Å². The summed E-state index contributed by atoms with van der Waals surface area (Å²) < 4.78 is 7.71. The van der Waals surface area contributed by atoms with E-state index in [0.29, 0.717) is 27.7 Å². The predicted molar refractivity (Wildman–Crippen MR) is 102 cm³/mol. The third kappa shape index (κ3) is 1.96. The van der Waals surface area contributed by atoms with Crippen LogP contribution in [-0.2, 0) is 7.05 Å². The van der Waals surface area contributed by atoms with Gasteiger partial charge in [0.15, 0.2) is 0 Å². The van der Waals surface area contributed by atoms with E-state index in [4.69, 9.17) is 10.2 Å². The van der Waals surface area contributed by atoms with E-state index in [1.807, 2.05) is 48.0 Å². The van der Waals surface area contributed by atoms with Crippen molar-refractivity contribution in [2.45, 2.75) is 0 Å². The lowest BCUT2D eigenvalue weighted by Gasteiger charge is -2.07. The monoisotopic (exact) mass is 342 g/mol. The minimum atomic E-state index is -0.130. The lowest BCUT2D eigenvalue weighted by atomic mass is 10.1. The van der Waals surface area contributed by atoms with E-state index in [9.17, 15) is 4.79 Å². The Kier molecular flexibility index (Phi) is 2.91. The van der Waals surface area contributed by atoms with E-state index in [2.05, 4.69) is 9.97 Å². The number of fused-ring (bicyclic) bond motifs is 3. The number of rotatable bonds is 1. The summed E-state index contributed by atoms with van der Waals surface area (Å²) in [4.78, 5) is 21.9. The van der Waals surface area contributed by atoms with Crippen molar-refractivity contribution < 1.29 is 4.42 Å². The van der Waals surface area contributed by atoms with Gasteiger partial charge < -0.3 is 14.7 Å². The number of anilines is 1. The first-order valence-electron chi connectivity index (χ1n) is 8.17. The largest absolute Gasteiger partial charge is 0.437 e. The molecule has 0 spiro atoms. The van der Waals surface area contributed by atoms with Gasteiger partial charge in [0.2, 0.25) is 11.1 Å². The van der Waals surface area contributed by atoms with Gasteiger partial charge in [0.1, 0.15) is 17.2 Å². The van der Waals surface area contributed by atoms with E-state index in [1.165, 1.54) is 0 Å². The molecule has 0 unspecified atom stereocenters. The minimum Gasteiger partial charge on any atom is -0.437 e. The highest BCUT2D eigenvalue weighted by Crippen LogP contribution is 2.30. The van der Waals surface area contributed by atoms with Gasteiger partial charge >= 0.3 is 0 Å². The maximum absolute atomic E-state index is 12.9. The summed E-state index contributed by atoms with van der Waals surface area (Å²) in [6.45, 7) is 0. The van der Waals surface area contributed by atoms with Crippen LogP contribution in [0, 0.1) is 0 Å². The summed E-state index contributed by atoms with van der Waals surface area (Å²) in [5.41, 5.74) is 9.22. The number of pyridine rings is 1. The van der Waals surface area contributed by atoms with E-state index in [1.54, 1.807) is 18.2 Å². The average molecular weight is 342 g/mol. The molecule has 2 N–H and O–H groups in total. The number of benzene rings is 2. The lowest BCUT2D eigenvalue weighted by molar-refractivity contribution is 0.645. The number of imidazole rings is 1. The smallest absolute Gasteiger partial charge is 0.232 e. The maximum Gasteiger partial charge on any atom is 0.232 e. The molecule has 26 heavy (non-hydrogen) atoms. The van der Waals surface area contributed by atoms with Crippen LogP contribution in [0.25, 0.3) is 44.5 Å². The average Bonchev–Trinajstić information content (AvgIpc) is 2.98. The Hall–Kier alpha value is -3.67. The van der Waals surface area contributed by atoms with E-state index in [-0.39, 0.29) is 17.0 Å². The summed E-state index contributed by atoms with van der Waals surface area (Å²) in [7, 11) is 1.91. The number of nitrogens with zero attached hydrogens (tertiary/aromatic N) is 3. The molecule has 0 aliphatic rings. The van der Waals surface area contributed by atoms with E-state index in [0.717, 1.165) is 11.0 Å². The maximum atomic E-state index is 12.9. The molecule has 6 nitrogen and oxygen atoms in total. The van der Waals surface area contributed by atoms with Crippen LogP contribution in [0.5, 0.6) is 0 Å². The Bertz CT molecular complexity index is 1380. The molecular weight excluding hydrogens is 328 g/mol.